The molecule has 0 saturated carbocycles. The zero-order valence-electron chi connectivity index (χ0n) is 14.0. The van der Waals surface area contributed by atoms with E-state index in [-0.39, 0.29) is 5.91 Å². The molecule has 0 aliphatic rings. The smallest absolute Gasteiger partial charge is 0.255 e. The van der Waals surface area contributed by atoms with Crippen LogP contribution in [0.25, 0.3) is 16.9 Å². The summed E-state index contributed by atoms with van der Waals surface area (Å²) in [5, 5.41) is 14.0. The van der Waals surface area contributed by atoms with Gasteiger partial charge in [-0.05, 0) is 18.2 Å². The van der Waals surface area contributed by atoms with Gasteiger partial charge < -0.3 is 10.1 Å². The van der Waals surface area contributed by atoms with Crippen molar-refractivity contribution in [2.24, 2.45) is 0 Å². The predicted molar refractivity (Wildman–Crippen MR) is 94.7 cm³/mol. The van der Waals surface area contributed by atoms with Crippen molar-refractivity contribution < 1.29 is 9.53 Å². The molecular formula is C18H16N6O2. The van der Waals surface area contributed by atoms with Crippen LogP contribution in [-0.2, 0) is 6.54 Å². The molecule has 0 atom stereocenters. The average molecular weight is 348 g/mol. The number of carbonyl (C=O) groups excluding carboxylic acids is 1. The number of fused-ring (bicyclic) bond motifs is 1. The summed E-state index contributed by atoms with van der Waals surface area (Å²) in [6.45, 7) is 0.322. The fourth-order valence-corrected chi connectivity index (χ4v) is 2.73. The SMILES string of the molecule is COc1cccc(-c2[nH]ncc2C(=O)NCc2cnn3cccnc23)c1. The molecule has 130 valence electrons. The lowest BCUT2D eigenvalue weighted by atomic mass is 10.1. The standard InChI is InChI=1S/C18H16N6O2/c1-26-14-5-2-4-12(8-14)16-15(11-21-23-16)18(25)20-9-13-10-22-24-7-3-6-19-17(13)24/h2-8,10-11H,9H2,1H3,(H,20,25)(H,21,23). The van der Waals surface area contributed by atoms with Crippen LogP contribution < -0.4 is 10.1 Å². The largest absolute Gasteiger partial charge is 0.497 e. The second kappa shape index (κ2) is 6.67. The van der Waals surface area contributed by atoms with E-state index in [0.717, 1.165) is 11.1 Å². The number of aromatic amines is 1. The number of ether oxygens (including phenoxy) is 1. The van der Waals surface area contributed by atoms with Gasteiger partial charge in [0, 0.05) is 30.1 Å². The van der Waals surface area contributed by atoms with E-state index in [1.807, 2.05) is 30.5 Å². The summed E-state index contributed by atoms with van der Waals surface area (Å²) in [5.41, 5.74) is 3.48. The summed E-state index contributed by atoms with van der Waals surface area (Å²) in [6.07, 6.45) is 6.71. The van der Waals surface area contributed by atoms with E-state index in [1.165, 1.54) is 6.20 Å². The first-order valence-electron chi connectivity index (χ1n) is 7.99. The number of hydrogen-bond acceptors (Lipinski definition) is 5. The second-order valence-electron chi connectivity index (χ2n) is 5.63. The lowest BCUT2D eigenvalue weighted by molar-refractivity contribution is 0.0952. The maximum absolute atomic E-state index is 12.6. The third-order valence-electron chi connectivity index (χ3n) is 4.03. The molecule has 0 radical (unpaired) electrons. The molecule has 0 aliphatic heterocycles. The molecule has 0 fully saturated rings. The molecule has 26 heavy (non-hydrogen) atoms. The summed E-state index contributed by atoms with van der Waals surface area (Å²) in [6, 6.07) is 9.24. The van der Waals surface area contributed by atoms with Crippen LogP contribution in [0.2, 0.25) is 0 Å². The summed E-state index contributed by atoms with van der Waals surface area (Å²) in [7, 11) is 1.60. The van der Waals surface area contributed by atoms with Crippen LogP contribution in [0, 0.1) is 0 Å². The Hall–Kier alpha value is -3.68. The second-order valence-corrected chi connectivity index (χ2v) is 5.63. The monoisotopic (exact) mass is 348 g/mol. The van der Waals surface area contributed by atoms with Crippen LogP contribution in [0.15, 0.2) is 55.1 Å². The first-order valence-corrected chi connectivity index (χ1v) is 7.99. The number of amides is 1. The van der Waals surface area contributed by atoms with Crippen LogP contribution in [0.1, 0.15) is 15.9 Å². The van der Waals surface area contributed by atoms with Crippen molar-refractivity contribution in [3.63, 3.8) is 0 Å². The molecule has 3 aromatic heterocycles. The molecule has 3 heterocycles. The van der Waals surface area contributed by atoms with Crippen LogP contribution in [-0.4, -0.2) is 37.8 Å². The molecule has 2 N–H and O–H groups in total. The first-order chi connectivity index (χ1) is 12.8. The normalized spacial score (nSPS) is 10.8. The summed E-state index contributed by atoms with van der Waals surface area (Å²) < 4.78 is 6.91. The number of aromatic nitrogens is 5. The van der Waals surface area contributed by atoms with Gasteiger partial charge in [0.05, 0.1) is 30.8 Å². The van der Waals surface area contributed by atoms with Gasteiger partial charge in [0.2, 0.25) is 0 Å². The third-order valence-corrected chi connectivity index (χ3v) is 4.03. The van der Waals surface area contributed by atoms with E-state index in [9.17, 15) is 4.79 Å². The Labute approximate surface area is 148 Å². The average Bonchev–Trinajstić information content (AvgIpc) is 3.33. The molecule has 0 aliphatic carbocycles. The summed E-state index contributed by atoms with van der Waals surface area (Å²) in [5.74, 6) is 0.479. The zero-order chi connectivity index (χ0) is 17.9. The first kappa shape index (κ1) is 15.8. The topological polar surface area (TPSA) is 97.2 Å². The van der Waals surface area contributed by atoms with Crippen molar-refractivity contribution >= 4 is 11.6 Å². The molecule has 4 aromatic rings. The maximum atomic E-state index is 12.6. The lowest BCUT2D eigenvalue weighted by Crippen LogP contribution is -2.23. The van der Waals surface area contributed by atoms with Gasteiger partial charge in [-0.1, -0.05) is 12.1 Å². The van der Waals surface area contributed by atoms with Crippen LogP contribution in [0.5, 0.6) is 5.75 Å². The zero-order valence-corrected chi connectivity index (χ0v) is 14.0. The molecule has 1 amide bonds. The molecule has 8 nitrogen and oxygen atoms in total. The number of nitrogens with one attached hydrogen (secondary N) is 2. The molecule has 0 bridgehead atoms. The molecule has 0 saturated heterocycles. The summed E-state index contributed by atoms with van der Waals surface area (Å²) >= 11 is 0. The van der Waals surface area contributed by atoms with Gasteiger partial charge >= 0.3 is 0 Å². The quantitative estimate of drug-likeness (QED) is 0.575. The van der Waals surface area contributed by atoms with E-state index in [4.69, 9.17) is 4.74 Å². The highest BCUT2D eigenvalue weighted by Crippen LogP contribution is 2.25. The number of carbonyl (C=O) groups is 1. The van der Waals surface area contributed by atoms with E-state index < -0.39 is 0 Å². The van der Waals surface area contributed by atoms with Crippen LogP contribution >= 0.6 is 0 Å². The van der Waals surface area contributed by atoms with Crippen molar-refractivity contribution in [3.8, 4) is 17.0 Å². The van der Waals surface area contributed by atoms with Crippen molar-refractivity contribution in [1.82, 2.24) is 30.1 Å². The van der Waals surface area contributed by atoms with Crippen molar-refractivity contribution in [2.75, 3.05) is 7.11 Å². The molecule has 0 spiro atoms. The van der Waals surface area contributed by atoms with Crippen molar-refractivity contribution in [2.45, 2.75) is 6.54 Å². The van der Waals surface area contributed by atoms with E-state index in [2.05, 4.69) is 25.6 Å². The molecular weight excluding hydrogens is 332 g/mol. The highest BCUT2D eigenvalue weighted by Gasteiger charge is 2.16. The molecule has 4 rings (SSSR count). The summed E-state index contributed by atoms with van der Waals surface area (Å²) in [4.78, 5) is 16.9. The minimum Gasteiger partial charge on any atom is -0.497 e. The number of hydrogen-bond donors (Lipinski definition) is 2. The van der Waals surface area contributed by atoms with Gasteiger partial charge in [-0.2, -0.15) is 10.2 Å². The third kappa shape index (κ3) is 2.88. The van der Waals surface area contributed by atoms with E-state index in [1.54, 1.807) is 30.1 Å². The highest BCUT2D eigenvalue weighted by molar-refractivity contribution is 5.99. The Morgan fingerprint density at radius 3 is 3.12 bits per heavy atom. The van der Waals surface area contributed by atoms with Gasteiger partial charge in [-0.25, -0.2) is 9.50 Å². The van der Waals surface area contributed by atoms with Crippen LogP contribution in [0.3, 0.4) is 0 Å². The van der Waals surface area contributed by atoms with Gasteiger partial charge in [0.1, 0.15) is 5.75 Å². The Kier molecular flexibility index (Phi) is 4.06. The Bertz CT molecular complexity index is 1070. The fraction of sp³-hybridized carbons (Fsp3) is 0.111. The number of rotatable bonds is 5. The highest BCUT2D eigenvalue weighted by atomic mass is 16.5. The predicted octanol–water partition coefficient (Wildman–Crippen LogP) is 2.06. The molecule has 0 unspecified atom stereocenters. The number of benzene rings is 1. The lowest BCUT2D eigenvalue weighted by Gasteiger charge is -2.06. The minimum absolute atomic E-state index is 0.230. The molecule has 1 aromatic carbocycles. The van der Waals surface area contributed by atoms with Gasteiger partial charge in [0.25, 0.3) is 5.91 Å². The van der Waals surface area contributed by atoms with Gasteiger partial charge in [0.15, 0.2) is 5.65 Å². The van der Waals surface area contributed by atoms with Gasteiger partial charge in [-0.3, -0.25) is 9.89 Å². The maximum Gasteiger partial charge on any atom is 0.255 e. The molecule has 8 heteroatoms. The van der Waals surface area contributed by atoms with Crippen molar-refractivity contribution in [1.29, 1.82) is 0 Å². The van der Waals surface area contributed by atoms with Crippen molar-refractivity contribution in [3.05, 3.63) is 66.2 Å². The van der Waals surface area contributed by atoms with Crippen LogP contribution in [0.4, 0.5) is 0 Å². The number of nitrogens with zero attached hydrogens (tertiary/aromatic N) is 4. The minimum atomic E-state index is -0.230. The van der Waals surface area contributed by atoms with E-state index >= 15 is 0 Å². The van der Waals surface area contributed by atoms with E-state index in [0.29, 0.717) is 29.2 Å². The van der Waals surface area contributed by atoms with Gasteiger partial charge in [-0.15, -0.1) is 0 Å². The Balaban J connectivity index is 1.55. The fourth-order valence-electron chi connectivity index (χ4n) is 2.73. The number of H-pyrrole nitrogens is 1. The Morgan fingerprint density at radius 2 is 2.23 bits per heavy atom. The Morgan fingerprint density at radius 1 is 1.31 bits per heavy atom. The number of methoxy groups -OCH3 is 1.